The first kappa shape index (κ1) is 15.7. The van der Waals surface area contributed by atoms with Crippen LogP contribution in [0.2, 0.25) is 0 Å². The molecule has 1 heterocycles. The molecule has 1 aliphatic carbocycles. The van der Waals surface area contributed by atoms with Gasteiger partial charge in [0, 0.05) is 12.5 Å². The fraction of sp³-hybridized carbons (Fsp3) is 0.600. The number of hydrogen-bond donors (Lipinski definition) is 3. The number of carbonyl (C=O) groups excluding carboxylic acids is 1. The molecule has 0 spiro atoms. The van der Waals surface area contributed by atoms with E-state index in [1.54, 1.807) is 20.8 Å². The molecular formula is C15H20O6. The van der Waals surface area contributed by atoms with Crippen molar-refractivity contribution >= 4 is 11.9 Å². The number of carboxylic acid groups (broad SMARTS) is 1. The molecule has 2 rings (SSSR count). The molecule has 0 radical (unpaired) electrons. The van der Waals surface area contributed by atoms with Gasteiger partial charge in [-0.05, 0) is 38.8 Å². The zero-order valence-electron chi connectivity index (χ0n) is 12.3. The molecule has 0 aromatic carbocycles. The Balaban J connectivity index is 2.43. The van der Waals surface area contributed by atoms with Crippen molar-refractivity contribution in [1.82, 2.24) is 0 Å². The number of carboxylic acids is 1. The van der Waals surface area contributed by atoms with Gasteiger partial charge in [-0.25, -0.2) is 4.79 Å². The van der Waals surface area contributed by atoms with E-state index in [0.29, 0.717) is 5.57 Å². The fourth-order valence-electron chi connectivity index (χ4n) is 3.42. The Bertz CT molecular complexity index is 550. The molecule has 6 nitrogen and oxygen atoms in total. The lowest BCUT2D eigenvalue weighted by Crippen LogP contribution is -2.61. The number of hydrogen-bond acceptors (Lipinski definition) is 5. The fourth-order valence-corrected chi connectivity index (χ4v) is 3.42. The Morgan fingerprint density at radius 3 is 2.52 bits per heavy atom. The summed E-state index contributed by atoms with van der Waals surface area (Å²) in [6.07, 6.45) is 3.40. The normalized spacial score (nSPS) is 43.2. The van der Waals surface area contributed by atoms with Gasteiger partial charge < -0.3 is 20.1 Å². The number of aliphatic hydroxyl groups is 2. The van der Waals surface area contributed by atoms with Crippen LogP contribution in [0.5, 0.6) is 0 Å². The van der Waals surface area contributed by atoms with Crippen molar-refractivity contribution in [2.24, 2.45) is 5.41 Å². The van der Waals surface area contributed by atoms with Gasteiger partial charge in [-0.15, -0.1) is 0 Å². The van der Waals surface area contributed by atoms with Gasteiger partial charge in [0.05, 0.1) is 6.10 Å². The highest BCUT2D eigenvalue weighted by Gasteiger charge is 2.72. The summed E-state index contributed by atoms with van der Waals surface area (Å²) in [7, 11) is 0. The molecule has 2 aliphatic rings. The summed E-state index contributed by atoms with van der Waals surface area (Å²) in [5.74, 6) is -1.63. The van der Waals surface area contributed by atoms with E-state index in [-0.39, 0.29) is 12.8 Å². The predicted molar refractivity (Wildman–Crippen MR) is 73.3 cm³/mol. The van der Waals surface area contributed by atoms with E-state index >= 15 is 0 Å². The first-order valence-corrected chi connectivity index (χ1v) is 6.78. The minimum absolute atomic E-state index is 0.101. The third-order valence-corrected chi connectivity index (χ3v) is 4.62. The van der Waals surface area contributed by atoms with Crippen LogP contribution >= 0.6 is 0 Å². The number of allylic oxidation sites excluding steroid dienone is 2. The van der Waals surface area contributed by atoms with Crippen LogP contribution in [-0.4, -0.2) is 44.6 Å². The number of carbonyl (C=O) groups is 2. The maximum absolute atomic E-state index is 12.1. The monoisotopic (exact) mass is 296 g/mol. The average molecular weight is 296 g/mol. The first-order valence-electron chi connectivity index (χ1n) is 6.78. The second-order valence-corrected chi connectivity index (χ2v) is 6.34. The van der Waals surface area contributed by atoms with Crippen molar-refractivity contribution < 1.29 is 29.6 Å². The maximum atomic E-state index is 12.1. The second-order valence-electron chi connectivity index (χ2n) is 6.34. The summed E-state index contributed by atoms with van der Waals surface area (Å²) in [6, 6.07) is 0. The first-order chi connectivity index (χ1) is 9.54. The van der Waals surface area contributed by atoms with Crippen molar-refractivity contribution in [1.29, 1.82) is 0 Å². The Hall–Kier alpha value is -1.66. The molecule has 1 saturated carbocycles. The lowest BCUT2D eigenvalue weighted by molar-refractivity contribution is -0.156. The molecule has 2 bridgehead atoms. The number of rotatable bonds is 3. The standard InChI is InChI=1S/C15H20O6/c1-9(6-11(17)18)4-5-15(20)13(2)7-10(16)8-14(15,3)21-12(13)19/h4-6,10,16,20H,7-8H2,1-3H3,(H,17,18)/b5-4+,9-6+/t10-,13-,14+,15+/m0/s1. The van der Waals surface area contributed by atoms with Crippen LogP contribution in [0.1, 0.15) is 33.6 Å². The van der Waals surface area contributed by atoms with Gasteiger partial charge in [-0.3, -0.25) is 4.79 Å². The molecule has 0 amide bonds. The molecule has 3 N–H and O–H groups in total. The molecule has 0 aromatic rings. The van der Waals surface area contributed by atoms with Crippen LogP contribution in [0.3, 0.4) is 0 Å². The van der Waals surface area contributed by atoms with E-state index in [0.717, 1.165) is 6.08 Å². The summed E-state index contributed by atoms with van der Waals surface area (Å²) in [6.45, 7) is 4.73. The Kier molecular flexibility index (Phi) is 3.50. The van der Waals surface area contributed by atoms with Crippen LogP contribution in [0.25, 0.3) is 0 Å². The predicted octanol–water partition coefficient (Wildman–Crippen LogP) is 0.781. The summed E-state index contributed by atoms with van der Waals surface area (Å²) >= 11 is 0. The topological polar surface area (TPSA) is 104 Å². The van der Waals surface area contributed by atoms with Gasteiger partial charge in [-0.2, -0.15) is 0 Å². The van der Waals surface area contributed by atoms with Gasteiger partial charge in [-0.1, -0.05) is 6.08 Å². The minimum Gasteiger partial charge on any atom is -0.478 e. The molecule has 0 aromatic heterocycles. The smallest absolute Gasteiger partial charge is 0.328 e. The zero-order chi connectivity index (χ0) is 16.1. The van der Waals surface area contributed by atoms with Gasteiger partial charge in [0.15, 0.2) is 0 Å². The van der Waals surface area contributed by atoms with Gasteiger partial charge in [0.1, 0.15) is 16.6 Å². The molecular weight excluding hydrogens is 276 g/mol. The molecule has 21 heavy (non-hydrogen) atoms. The van der Waals surface area contributed by atoms with E-state index < -0.39 is 34.7 Å². The Morgan fingerprint density at radius 1 is 1.38 bits per heavy atom. The van der Waals surface area contributed by atoms with Crippen LogP contribution < -0.4 is 0 Å². The van der Waals surface area contributed by atoms with Crippen molar-refractivity contribution in [3.8, 4) is 0 Å². The van der Waals surface area contributed by atoms with E-state index in [1.165, 1.54) is 12.2 Å². The van der Waals surface area contributed by atoms with Gasteiger partial charge in [0.25, 0.3) is 0 Å². The second kappa shape index (κ2) is 4.68. The van der Waals surface area contributed by atoms with Gasteiger partial charge >= 0.3 is 11.9 Å². The number of fused-ring (bicyclic) bond motifs is 2. The van der Waals surface area contributed by atoms with Gasteiger partial charge in [0.2, 0.25) is 0 Å². The largest absolute Gasteiger partial charge is 0.478 e. The summed E-state index contributed by atoms with van der Waals surface area (Å²) in [5.41, 5.74) is -3.64. The molecule has 0 unspecified atom stereocenters. The summed E-state index contributed by atoms with van der Waals surface area (Å²) in [5, 5.41) is 29.6. The maximum Gasteiger partial charge on any atom is 0.328 e. The molecule has 2 fully saturated rings. The highest BCUT2D eigenvalue weighted by Crippen LogP contribution is 2.58. The minimum atomic E-state index is -1.59. The van der Waals surface area contributed by atoms with Crippen molar-refractivity contribution in [3.05, 3.63) is 23.8 Å². The van der Waals surface area contributed by atoms with E-state index in [4.69, 9.17) is 9.84 Å². The number of aliphatic hydroxyl groups excluding tert-OH is 1. The lowest BCUT2D eigenvalue weighted by Gasteiger charge is -2.47. The number of esters is 1. The number of ether oxygens (including phenoxy) is 1. The molecule has 116 valence electrons. The van der Waals surface area contributed by atoms with Crippen molar-refractivity contribution in [2.75, 3.05) is 0 Å². The highest BCUT2D eigenvalue weighted by molar-refractivity contribution is 5.84. The molecule has 4 atom stereocenters. The Morgan fingerprint density at radius 2 is 2.00 bits per heavy atom. The SMILES string of the molecule is CC(/C=C/[C@]1(O)[C@@]2(C)C[C@@H](O)C[C@@]1(C)C(=O)O2)=C\C(=O)O. The van der Waals surface area contributed by atoms with Crippen LogP contribution in [-0.2, 0) is 14.3 Å². The summed E-state index contributed by atoms with van der Waals surface area (Å²) < 4.78 is 5.34. The summed E-state index contributed by atoms with van der Waals surface area (Å²) in [4.78, 5) is 22.7. The quantitative estimate of drug-likeness (QED) is 0.404. The Labute approximate surface area is 122 Å². The number of aliphatic carboxylic acids is 1. The van der Waals surface area contributed by atoms with Crippen molar-refractivity contribution in [3.63, 3.8) is 0 Å². The van der Waals surface area contributed by atoms with E-state index in [1.807, 2.05) is 0 Å². The molecule has 1 saturated heterocycles. The third kappa shape index (κ3) is 2.18. The molecule has 1 aliphatic heterocycles. The lowest BCUT2D eigenvalue weighted by atomic mass is 9.59. The zero-order valence-corrected chi connectivity index (χ0v) is 12.3. The molecule has 6 heteroatoms. The van der Waals surface area contributed by atoms with E-state index in [9.17, 15) is 19.8 Å². The van der Waals surface area contributed by atoms with Crippen LogP contribution in [0.4, 0.5) is 0 Å². The third-order valence-electron chi connectivity index (χ3n) is 4.62. The highest BCUT2D eigenvalue weighted by atomic mass is 16.6. The van der Waals surface area contributed by atoms with Crippen molar-refractivity contribution in [2.45, 2.75) is 50.9 Å². The van der Waals surface area contributed by atoms with Crippen LogP contribution in [0, 0.1) is 5.41 Å². The average Bonchev–Trinajstić information content (AvgIpc) is 2.41. The van der Waals surface area contributed by atoms with E-state index in [2.05, 4.69) is 0 Å². The van der Waals surface area contributed by atoms with Crippen LogP contribution in [0.15, 0.2) is 23.8 Å².